The molecule has 5 rings (SSSR count). The summed E-state index contributed by atoms with van der Waals surface area (Å²) >= 11 is 0. The van der Waals surface area contributed by atoms with Crippen molar-refractivity contribution in [2.24, 2.45) is 28.6 Å². The van der Waals surface area contributed by atoms with Crippen LogP contribution in [0, 0.1) is 31.6 Å². The molecule has 1 aromatic carbocycles. The van der Waals surface area contributed by atoms with Gasteiger partial charge in [-0.1, -0.05) is 36.9 Å². The van der Waals surface area contributed by atoms with Crippen molar-refractivity contribution < 1.29 is 23.9 Å². The fourth-order valence-electron chi connectivity index (χ4n) is 6.94. The van der Waals surface area contributed by atoms with E-state index in [1.54, 1.807) is 6.07 Å². The van der Waals surface area contributed by atoms with Crippen LogP contribution in [0.4, 0.5) is 5.69 Å². The highest BCUT2D eigenvalue weighted by Gasteiger charge is 2.48. The van der Waals surface area contributed by atoms with Crippen molar-refractivity contribution in [1.82, 2.24) is 29.8 Å². The highest BCUT2D eigenvalue weighted by molar-refractivity contribution is 6.76. The van der Waals surface area contributed by atoms with E-state index in [0.29, 0.717) is 30.7 Å². The molecule has 2 heterocycles. The first-order chi connectivity index (χ1) is 25.8. The minimum atomic E-state index is -1.18. The van der Waals surface area contributed by atoms with Crippen molar-refractivity contribution in [2.45, 2.75) is 91.0 Å². The van der Waals surface area contributed by atoms with E-state index in [1.165, 1.54) is 15.8 Å². The third kappa shape index (κ3) is 11.0. The van der Waals surface area contributed by atoms with Crippen molar-refractivity contribution in [3.8, 4) is 11.1 Å². The van der Waals surface area contributed by atoms with Gasteiger partial charge >= 0.3 is 0 Å². The number of anilines is 1. The van der Waals surface area contributed by atoms with Crippen molar-refractivity contribution in [3.05, 3.63) is 64.1 Å². The number of aromatic nitrogens is 4. The Morgan fingerprint density at radius 2 is 1.76 bits per heavy atom. The molecule has 3 aromatic rings. The number of aryl methyl sites for hydroxylation is 2. The van der Waals surface area contributed by atoms with Crippen LogP contribution in [0.25, 0.3) is 21.6 Å². The molecule has 0 bridgehead atoms. The topological polar surface area (TPSA) is 215 Å². The minimum Gasteiger partial charge on any atom is -0.368 e. The molecule has 1 atom stereocenters. The second-order valence-electron chi connectivity index (χ2n) is 15.6. The molecule has 54 heavy (non-hydrogen) atoms. The molecule has 4 amide bonds. The molecular formula is C37H53N11O5Si. The predicted molar refractivity (Wildman–Crippen MR) is 207 cm³/mol. The van der Waals surface area contributed by atoms with Gasteiger partial charge in [0.1, 0.15) is 25.0 Å². The second-order valence-corrected chi connectivity index (χ2v) is 21.2. The molecule has 2 fully saturated rings. The number of carbonyl (C=O) groups is 4. The average Bonchev–Trinajstić information content (AvgIpc) is 4.06. The third-order valence-electron chi connectivity index (χ3n) is 10.0. The van der Waals surface area contributed by atoms with Crippen LogP contribution in [-0.4, -0.2) is 88.4 Å². The molecule has 2 saturated carbocycles. The number of ether oxygens (including phenoxy) is 1. The van der Waals surface area contributed by atoms with Gasteiger partial charge in [0.15, 0.2) is 0 Å². The summed E-state index contributed by atoms with van der Waals surface area (Å²) in [6, 6.07) is 9.65. The van der Waals surface area contributed by atoms with E-state index in [9.17, 15) is 19.2 Å². The first-order valence-corrected chi connectivity index (χ1v) is 22.4. The molecule has 4 N–H and O–H groups in total. The van der Waals surface area contributed by atoms with Crippen LogP contribution < -0.4 is 16.4 Å². The van der Waals surface area contributed by atoms with Gasteiger partial charge < -0.3 is 26.0 Å². The van der Waals surface area contributed by atoms with E-state index in [0.717, 1.165) is 60.8 Å². The number of benzene rings is 1. The van der Waals surface area contributed by atoms with Crippen LogP contribution in [0.15, 0.2) is 41.6 Å². The average molecular weight is 760 g/mol. The fourth-order valence-corrected chi connectivity index (χ4v) is 7.70. The van der Waals surface area contributed by atoms with Crippen LogP contribution >= 0.6 is 0 Å². The molecule has 2 aromatic heterocycles. The lowest BCUT2D eigenvalue weighted by Crippen LogP contribution is -2.50. The fraction of sp³-hybridized carbons (Fsp3) is 0.568. The highest BCUT2D eigenvalue weighted by Crippen LogP contribution is 2.51. The SMILES string of the molecule is Cc1nn(COCC[Si](C)(C)C)c(C)c1-c1ccc(NC(=O)[C@@H](NC(=O)c2ccnn2CCCN(CC(N)=O)C(=O)CN=[N+]=[N-])C(C2CC2)C2CC2)cc1. The van der Waals surface area contributed by atoms with Gasteiger partial charge in [-0.15, -0.1) is 0 Å². The van der Waals surface area contributed by atoms with E-state index in [2.05, 4.69) is 45.4 Å². The van der Waals surface area contributed by atoms with E-state index >= 15 is 0 Å². The van der Waals surface area contributed by atoms with Crippen LogP contribution in [0.3, 0.4) is 0 Å². The molecule has 0 saturated heterocycles. The summed E-state index contributed by atoms with van der Waals surface area (Å²) < 4.78 is 9.36. The summed E-state index contributed by atoms with van der Waals surface area (Å²) in [5.74, 6) is -1.13. The molecule has 0 radical (unpaired) electrons. The van der Waals surface area contributed by atoms with Crippen LogP contribution in [-0.2, 0) is 32.4 Å². The third-order valence-corrected chi connectivity index (χ3v) is 11.7. The summed E-state index contributed by atoms with van der Waals surface area (Å²) in [5.41, 5.74) is 18.7. The lowest BCUT2D eigenvalue weighted by molar-refractivity contribution is -0.134. The van der Waals surface area contributed by atoms with E-state index in [4.69, 9.17) is 21.1 Å². The van der Waals surface area contributed by atoms with Gasteiger partial charge in [-0.3, -0.25) is 23.9 Å². The van der Waals surface area contributed by atoms with Crippen LogP contribution in [0.2, 0.25) is 25.7 Å². The van der Waals surface area contributed by atoms with Crippen molar-refractivity contribution >= 4 is 37.4 Å². The second kappa shape index (κ2) is 17.9. The normalized spacial score (nSPS) is 14.7. The van der Waals surface area contributed by atoms with Gasteiger partial charge in [0.25, 0.3) is 5.91 Å². The number of amides is 4. The molecule has 16 nitrogen and oxygen atoms in total. The minimum absolute atomic E-state index is 0.0260. The van der Waals surface area contributed by atoms with Crippen molar-refractivity contribution in [2.75, 3.05) is 31.6 Å². The lowest BCUT2D eigenvalue weighted by atomic mass is 9.88. The first kappa shape index (κ1) is 40.2. The first-order valence-electron chi connectivity index (χ1n) is 18.7. The van der Waals surface area contributed by atoms with Crippen LogP contribution in [0.5, 0.6) is 0 Å². The number of carbonyl (C=O) groups excluding carboxylic acids is 4. The molecule has 2 aliphatic carbocycles. The largest absolute Gasteiger partial charge is 0.368 e. The Hall–Kier alpha value is -4.99. The zero-order chi connectivity index (χ0) is 39.0. The van der Waals surface area contributed by atoms with Gasteiger partial charge in [-0.2, -0.15) is 10.2 Å². The Labute approximate surface area is 316 Å². The smallest absolute Gasteiger partial charge is 0.270 e. The standard InChI is InChI=1S/C37H53N11O5Si/c1-24-33(25(2)48(44-24)23-53-19-20-54(3,4)5)26-11-13-29(14-12-26)42-37(52)35(34(27-7-8-27)28-9-10-28)43-36(51)30-15-16-41-47(30)18-6-17-46(22-31(38)49)32(50)21-40-45-39/h11-16,27-28,34-35H,6-10,17-23H2,1-5H3,(H2,38,49)(H,42,52)(H,43,51)/t35-/m0/s1. The van der Waals surface area contributed by atoms with Gasteiger partial charge in [-0.25, -0.2) is 4.68 Å². The van der Waals surface area contributed by atoms with Gasteiger partial charge in [0, 0.05) is 55.8 Å². The highest BCUT2D eigenvalue weighted by atomic mass is 28.3. The number of nitrogens with two attached hydrogens (primary N) is 1. The predicted octanol–water partition coefficient (Wildman–Crippen LogP) is 4.86. The van der Waals surface area contributed by atoms with Gasteiger partial charge in [-0.05, 0) is 99.0 Å². The van der Waals surface area contributed by atoms with Gasteiger partial charge in [0.2, 0.25) is 17.7 Å². The monoisotopic (exact) mass is 759 g/mol. The van der Waals surface area contributed by atoms with Crippen molar-refractivity contribution in [1.29, 1.82) is 0 Å². The van der Waals surface area contributed by atoms with E-state index in [1.807, 2.05) is 42.8 Å². The molecule has 290 valence electrons. The maximum absolute atomic E-state index is 14.1. The lowest BCUT2D eigenvalue weighted by Gasteiger charge is -2.27. The molecule has 0 unspecified atom stereocenters. The summed E-state index contributed by atoms with van der Waals surface area (Å²) in [7, 11) is -1.18. The molecule has 0 aliphatic heterocycles. The molecular weight excluding hydrogens is 707 g/mol. The number of nitrogens with zero attached hydrogens (tertiary/aromatic N) is 8. The van der Waals surface area contributed by atoms with Gasteiger partial charge in [0.05, 0.1) is 12.2 Å². The van der Waals surface area contributed by atoms with E-state index in [-0.39, 0.29) is 37.2 Å². The summed E-state index contributed by atoms with van der Waals surface area (Å²) in [5, 5.41) is 18.5. The number of rotatable bonds is 21. The quantitative estimate of drug-likeness (QED) is 0.0450. The summed E-state index contributed by atoms with van der Waals surface area (Å²) in [4.78, 5) is 55.6. The Balaban J connectivity index is 1.24. The molecule has 0 spiro atoms. The van der Waals surface area contributed by atoms with Crippen molar-refractivity contribution in [3.63, 3.8) is 0 Å². The Morgan fingerprint density at radius 3 is 2.37 bits per heavy atom. The number of nitrogens with one attached hydrogen (secondary N) is 2. The maximum atomic E-state index is 14.1. The number of hydrogen-bond donors (Lipinski definition) is 3. The Morgan fingerprint density at radius 1 is 1.07 bits per heavy atom. The Kier molecular flexibility index (Phi) is 13.3. The number of azide groups is 1. The Bertz CT molecular complexity index is 1840. The zero-order valence-corrected chi connectivity index (χ0v) is 33.0. The molecule has 17 heteroatoms. The molecule has 2 aliphatic rings. The number of hydrogen-bond acceptors (Lipinski definition) is 8. The summed E-state index contributed by atoms with van der Waals surface area (Å²) in [6.07, 6.45) is 5.98. The maximum Gasteiger partial charge on any atom is 0.270 e. The van der Waals surface area contributed by atoms with Crippen LogP contribution in [0.1, 0.15) is 54.0 Å². The summed E-state index contributed by atoms with van der Waals surface area (Å²) in [6.45, 7) is 11.8. The zero-order valence-electron chi connectivity index (χ0n) is 32.0. The van der Waals surface area contributed by atoms with E-state index < -0.39 is 38.4 Å². The number of primary amides is 1.